The summed E-state index contributed by atoms with van der Waals surface area (Å²) in [5, 5.41) is 9.08. The molecule has 0 saturated heterocycles. The topological polar surface area (TPSA) is 40.9 Å². The molecule has 0 radical (unpaired) electrons. The van der Waals surface area contributed by atoms with Crippen molar-refractivity contribution in [2.45, 2.75) is 46.0 Å². The van der Waals surface area contributed by atoms with Crippen molar-refractivity contribution in [1.29, 1.82) is 5.26 Å². The van der Waals surface area contributed by atoms with Gasteiger partial charge in [-0.25, -0.2) is 0 Å². The fourth-order valence-electron chi connectivity index (χ4n) is 3.35. The number of hydrogen-bond donors (Lipinski definition) is 0. The predicted octanol–water partition coefficient (Wildman–Crippen LogP) is 3.18. The van der Waals surface area contributed by atoms with Crippen molar-refractivity contribution in [1.82, 2.24) is 0 Å². The summed E-state index contributed by atoms with van der Waals surface area (Å²) in [4.78, 5) is 12.2. The standard InChI is InChI=1S/C14H21NO/c1-9(2)7-10(8-15)14(16)13-11-5-3-4-6-12(11)13/h9-13H,3-7H2,1-2H3. The number of carbonyl (C=O) groups is 1. The summed E-state index contributed by atoms with van der Waals surface area (Å²) in [6, 6.07) is 2.21. The van der Waals surface area contributed by atoms with Crippen molar-refractivity contribution in [2.24, 2.45) is 29.6 Å². The molecular weight excluding hydrogens is 198 g/mol. The SMILES string of the molecule is CC(C)CC(C#N)C(=O)C1C2CCCCC21. The number of Topliss-reactive ketones (excluding diaryl/α,β-unsaturated/α-hetero) is 1. The van der Waals surface area contributed by atoms with Gasteiger partial charge in [0, 0.05) is 5.92 Å². The van der Waals surface area contributed by atoms with E-state index in [1.165, 1.54) is 25.7 Å². The first kappa shape index (κ1) is 11.6. The Hall–Kier alpha value is -0.840. The number of nitrogens with zero attached hydrogens (tertiary/aromatic N) is 1. The molecule has 88 valence electrons. The highest BCUT2D eigenvalue weighted by Gasteiger charge is 2.55. The summed E-state index contributed by atoms with van der Waals surface area (Å²) in [6.07, 6.45) is 5.76. The van der Waals surface area contributed by atoms with Crippen LogP contribution in [-0.2, 0) is 4.79 Å². The number of ketones is 1. The van der Waals surface area contributed by atoms with Gasteiger partial charge in [0.2, 0.25) is 0 Å². The van der Waals surface area contributed by atoms with Crippen LogP contribution in [0.4, 0.5) is 0 Å². The molecule has 0 spiro atoms. The van der Waals surface area contributed by atoms with Crippen LogP contribution in [0.25, 0.3) is 0 Å². The summed E-state index contributed by atoms with van der Waals surface area (Å²) in [7, 11) is 0. The second-order valence-corrected chi connectivity index (χ2v) is 5.85. The lowest BCUT2D eigenvalue weighted by atomic mass is 9.91. The van der Waals surface area contributed by atoms with Crippen LogP contribution in [0.2, 0.25) is 0 Å². The Morgan fingerprint density at radius 3 is 2.31 bits per heavy atom. The number of rotatable bonds is 4. The van der Waals surface area contributed by atoms with E-state index >= 15 is 0 Å². The van der Waals surface area contributed by atoms with Gasteiger partial charge in [-0.05, 0) is 37.0 Å². The number of hydrogen-bond acceptors (Lipinski definition) is 2. The number of fused-ring (bicyclic) bond motifs is 1. The lowest BCUT2D eigenvalue weighted by Gasteiger charge is -2.10. The highest BCUT2D eigenvalue weighted by molar-refractivity contribution is 5.88. The van der Waals surface area contributed by atoms with E-state index in [0.29, 0.717) is 17.8 Å². The Balaban J connectivity index is 1.94. The van der Waals surface area contributed by atoms with Gasteiger partial charge in [0.25, 0.3) is 0 Å². The third kappa shape index (κ3) is 2.14. The molecule has 0 aromatic heterocycles. The van der Waals surface area contributed by atoms with Gasteiger partial charge in [0.15, 0.2) is 5.78 Å². The molecule has 2 aliphatic rings. The predicted molar refractivity (Wildman–Crippen MR) is 62.5 cm³/mol. The molecule has 0 aromatic rings. The average Bonchev–Trinajstić information content (AvgIpc) is 2.98. The fourth-order valence-corrected chi connectivity index (χ4v) is 3.35. The van der Waals surface area contributed by atoms with Crippen LogP contribution in [0.15, 0.2) is 0 Å². The second-order valence-electron chi connectivity index (χ2n) is 5.85. The Morgan fingerprint density at radius 1 is 1.31 bits per heavy atom. The summed E-state index contributed by atoms with van der Waals surface area (Å²) in [5.74, 6) is 1.90. The molecular formula is C14H21NO. The molecule has 16 heavy (non-hydrogen) atoms. The monoisotopic (exact) mass is 219 g/mol. The zero-order chi connectivity index (χ0) is 11.7. The van der Waals surface area contributed by atoms with E-state index in [1.807, 2.05) is 0 Å². The van der Waals surface area contributed by atoms with Gasteiger partial charge in [-0.1, -0.05) is 26.7 Å². The van der Waals surface area contributed by atoms with Gasteiger partial charge in [0.05, 0.1) is 6.07 Å². The maximum absolute atomic E-state index is 12.2. The van der Waals surface area contributed by atoms with Gasteiger partial charge < -0.3 is 0 Å². The molecule has 0 bridgehead atoms. The van der Waals surface area contributed by atoms with Crippen LogP contribution in [0.5, 0.6) is 0 Å². The summed E-state index contributed by atoms with van der Waals surface area (Å²) >= 11 is 0. The summed E-state index contributed by atoms with van der Waals surface area (Å²) < 4.78 is 0. The van der Waals surface area contributed by atoms with E-state index in [-0.39, 0.29) is 17.6 Å². The minimum Gasteiger partial charge on any atom is -0.298 e. The molecule has 2 aliphatic carbocycles. The molecule has 0 N–H and O–H groups in total. The molecule has 0 aromatic carbocycles. The zero-order valence-electron chi connectivity index (χ0n) is 10.3. The third-order valence-electron chi connectivity index (χ3n) is 4.19. The minimum absolute atomic E-state index is 0.255. The van der Waals surface area contributed by atoms with Crippen LogP contribution < -0.4 is 0 Å². The normalized spacial score (nSPS) is 34.0. The van der Waals surface area contributed by atoms with Crippen LogP contribution in [-0.4, -0.2) is 5.78 Å². The van der Waals surface area contributed by atoms with Crippen molar-refractivity contribution >= 4 is 5.78 Å². The first-order valence-corrected chi connectivity index (χ1v) is 6.58. The Bertz CT molecular complexity index is 303. The van der Waals surface area contributed by atoms with Crippen LogP contribution in [0.1, 0.15) is 46.0 Å². The smallest absolute Gasteiger partial charge is 0.153 e. The molecule has 2 heteroatoms. The van der Waals surface area contributed by atoms with E-state index in [9.17, 15) is 4.79 Å². The van der Waals surface area contributed by atoms with Gasteiger partial charge >= 0.3 is 0 Å². The van der Waals surface area contributed by atoms with Crippen molar-refractivity contribution < 1.29 is 4.79 Å². The van der Waals surface area contributed by atoms with Gasteiger partial charge in [-0.2, -0.15) is 5.26 Å². The first-order chi connectivity index (χ1) is 7.65. The number of carbonyl (C=O) groups excluding carboxylic acids is 1. The maximum Gasteiger partial charge on any atom is 0.153 e. The largest absolute Gasteiger partial charge is 0.298 e. The minimum atomic E-state index is -0.337. The molecule has 2 saturated carbocycles. The van der Waals surface area contributed by atoms with Gasteiger partial charge in [-0.3, -0.25) is 4.79 Å². The summed E-state index contributed by atoms with van der Waals surface area (Å²) in [5.41, 5.74) is 0. The second kappa shape index (κ2) is 4.57. The van der Waals surface area contributed by atoms with Crippen molar-refractivity contribution in [3.63, 3.8) is 0 Å². The quantitative estimate of drug-likeness (QED) is 0.728. The first-order valence-electron chi connectivity index (χ1n) is 6.58. The van der Waals surface area contributed by atoms with E-state index < -0.39 is 0 Å². The van der Waals surface area contributed by atoms with E-state index in [1.54, 1.807) is 0 Å². The third-order valence-corrected chi connectivity index (χ3v) is 4.19. The van der Waals surface area contributed by atoms with Crippen LogP contribution in [0, 0.1) is 40.9 Å². The molecule has 0 aliphatic heterocycles. The van der Waals surface area contributed by atoms with Crippen molar-refractivity contribution in [3.05, 3.63) is 0 Å². The molecule has 0 amide bonds. The highest BCUT2D eigenvalue weighted by atomic mass is 16.1. The lowest BCUT2D eigenvalue weighted by Crippen LogP contribution is -2.18. The molecule has 3 unspecified atom stereocenters. The lowest BCUT2D eigenvalue weighted by molar-refractivity contribution is -0.123. The van der Waals surface area contributed by atoms with Crippen LogP contribution >= 0.6 is 0 Å². The van der Waals surface area contributed by atoms with Crippen molar-refractivity contribution in [2.75, 3.05) is 0 Å². The molecule has 0 heterocycles. The number of nitriles is 1. The average molecular weight is 219 g/mol. The van der Waals surface area contributed by atoms with Crippen molar-refractivity contribution in [3.8, 4) is 6.07 Å². The molecule has 3 atom stereocenters. The highest BCUT2D eigenvalue weighted by Crippen LogP contribution is 2.56. The van der Waals surface area contributed by atoms with Crippen LogP contribution in [0.3, 0.4) is 0 Å². The van der Waals surface area contributed by atoms with Gasteiger partial charge in [0.1, 0.15) is 5.92 Å². The van der Waals surface area contributed by atoms with Gasteiger partial charge in [-0.15, -0.1) is 0 Å². The Labute approximate surface area is 98.0 Å². The Kier molecular flexibility index (Phi) is 3.33. The molecule has 2 fully saturated rings. The van der Waals surface area contributed by atoms with E-state index in [0.717, 1.165) is 6.42 Å². The van der Waals surface area contributed by atoms with E-state index in [2.05, 4.69) is 19.9 Å². The molecule has 2 nitrogen and oxygen atoms in total. The maximum atomic E-state index is 12.2. The Morgan fingerprint density at radius 2 is 1.88 bits per heavy atom. The fraction of sp³-hybridized carbons (Fsp3) is 0.857. The molecule has 2 rings (SSSR count). The zero-order valence-corrected chi connectivity index (χ0v) is 10.3. The van der Waals surface area contributed by atoms with E-state index in [4.69, 9.17) is 5.26 Å². The summed E-state index contributed by atoms with van der Waals surface area (Å²) in [6.45, 7) is 4.16.